The van der Waals surface area contributed by atoms with E-state index in [0.717, 1.165) is 20.2 Å². The third kappa shape index (κ3) is 2.94. The number of rotatable bonds is 3. The van der Waals surface area contributed by atoms with Crippen molar-refractivity contribution >= 4 is 51.0 Å². The molecule has 21 heavy (non-hydrogen) atoms. The van der Waals surface area contributed by atoms with Gasteiger partial charge in [-0.3, -0.25) is 0 Å². The molecule has 0 saturated heterocycles. The number of nitrogens with one attached hydrogen (secondary N) is 1. The number of hydrogen-bond donors (Lipinski definition) is 1. The molecule has 104 valence electrons. The Bertz CT molecular complexity index is 819. The van der Waals surface area contributed by atoms with Gasteiger partial charge < -0.3 is 15.2 Å². The second kappa shape index (κ2) is 5.65. The van der Waals surface area contributed by atoms with Gasteiger partial charge in [0, 0.05) is 14.6 Å². The number of halogens is 1. The van der Waals surface area contributed by atoms with E-state index in [9.17, 15) is 9.90 Å². The molecule has 2 aromatic carbocycles. The molecule has 0 bridgehead atoms. The van der Waals surface area contributed by atoms with Gasteiger partial charge in [-0.1, -0.05) is 12.1 Å². The van der Waals surface area contributed by atoms with Gasteiger partial charge in [-0.05, 0) is 58.5 Å². The Hall–Kier alpha value is -2.22. The average molecular weight is 390 g/mol. The lowest BCUT2D eigenvalue weighted by atomic mass is 10.2. The van der Waals surface area contributed by atoms with Gasteiger partial charge in [-0.25, -0.2) is 9.97 Å². The van der Waals surface area contributed by atoms with Gasteiger partial charge in [0.05, 0.1) is 11.5 Å². The zero-order chi connectivity index (χ0) is 14.8. The maximum Gasteiger partial charge on any atom is 0.141 e. The van der Waals surface area contributed by atoms with Gasteiger partial charge >= 0.3 is 0 Å². The summed E-state index contributed by atoms with van der Waals surface area (Å²) in [5.41, 5.74) is 1.74. The third-order valence-electron chi connectivity index (χ3n) is 2.98. The fourth-order valence-corrected chi connectivity index (χ4v) is 2.45. The van der Waals surface area contributed by atoms with Crippen LogP contribution >= 0.6 is 22.6 Å². The lowest BCUT2D eigenvalue weighted by molar-refractivity contribution is -0.255. The largest absolute Gasteiger partial charge is 0.545 e. The smallest absolute Gasteiger partial charge is 0.141 e. The Labute approximate surface area is 134 Å². The minimum atomic E-state index is -1.19. The highest BCUT2D eigenvalue weighted by Crippen LogP contribution is 2.24. The molecule has 5 nitrogen and oxygen atoms in total. The summed E-state index contributed by atoms with van der Waals surface area (Å²) in [5, 5.41) is 14.8. The minimum Gasteiger partial charge on any atom is -0.545 e. The zero-order valence-corrected chi connectivity index (χ0v) is 12.9. The SMILES string of the molecule is O=C([O-])c1ccc(Nc2ncnc3ccc(I)cc23)cc1. The van der Waals surface area contributed by atoms with Crippen molar-refractivity contribution in [1.29, 1.82) is 0 Å². The van der Waals surface area contributed by atoms with Gasteiger partial charge in [0.15, 0.2) is 0 Å². The van der Waals surface area contributed by atoms with E-state index in [1.54, 1.807) is 12.1 Å². The predicted molar refractivity (Wildman–Crippen MR) is 86.3 cm³/mol. The first-order valence-corrected chi connectivity index (χ1v) is 7.20. The molecule has 0 amide bonds. The first-order valence-electron chi connectivity index (χ1n) is 6.12. The number of aromatic nitrogens is 2. The van der Waals surface area contributed by atoms with Crippen LogP contribution in [-0.2, 0) is 0 Å². The highest BCUT2D eigenvalue weighted by Gasteiger charge is 2.05. The van der Waals surface area contributed by atoms with E-state index in [0.29, 0.717) is 5.82 Å². The molecule has 1 N–H and O–H groups in total. The molecule has 0 aliphatic carbocycles. The lowest BCUT2D eigenvalue weighted by Gasteiger charge is -2.09. The van der Waals surface area contributed by atoms with Gasteiger partial charge in [0.2, 0.25) is 0 Å². The van der Waals surface area contributed by atoms with Crippen LogP contribution in [0.1, 0.15) is 10.4 Å². The first kappa shape index (κ1) is 13.7. The van der Waals surface area contributed by atoms with Crippen molar-refractivity contribution in [2.24, 2.45) is 0 Å². The van der Waals surface area contributed by atoms with Crippen LogP contribution in [0.3, 0.4) is 0 Å². The van der Waals surface area contributed by atoms with Gasteiger partial charge in [-0.15, -0.1) is 0 Å². The predicted octanol–water partition coefficient (Wildman–Crippen LogP) is 2.34. The van der Waals surface area contributed by atoms with Crippen LogP contribution in [0.5, 0.6) is 0 Å². The standard InChI is InChI=1S/C15H10IN3O2/c16-10-3-6-13-12(7-10)14(18-8-17-13)19-11-4-1-9(2-5-11)15(20)21/h1-8H,(H,20,21)(H,17,18,19)/p-1. The van der Waals surface area contributed by atoms with Crippen LogP contribution in [0.25, 0.3) is 10.9 Å². The number of carboxylic acid groups (broad SMARTS) is 1. The van der Waals surface area contributed by atoms with Crippen LogP contribution < -0.4 is 10.4 Å². The molecular formula is C15H9IN3O2-. The molecule has 3 rings (SSSR count). The van der Waals surface area contributed by atoms with Crippen molar-refractivity contribution < 1.29 is 9.90 Å². The molecule has 0 aliphatic heterocycles. The minimum absolute atomic E-state index is 0.141. The molecule has 1 aromatic heterocycles. The summed E-state index contributed by atoms with van der Waals surface area (Å²) in [6.45, 7) is 0. The summed E-state index contributed by atoms with van der Waals surface area (Å²) in [7, 11) is 0. The number of benzene rings is 2. The molecule has 0 spiro atoms. The number of carbonyl (C=O) groups excluding carboxylic acids is 1. The first-order chi connectivity index (χ1) is 10.1. The fraction of sp³-hybridized carbons (Fsp3) is 0. The second-order valence-corrected chi connectivity index (χ2v) is 5.62. The Morgan fingerprint density at radius 1 is 1.10 bits per heavy atom. The van der Waals surface area contributed by atoms with E-state index in [1.807, 2.05) is 18.2 Å². The van der Waals surface area contributed by atoms with Crippen molar-refractivity contribution in [2.45, 2.75) is 0 Å². The molecule has 0 saturated carbocycles. The van der Waals surface area contributed by atoms with E-state index >= 15 is 0 Å². The maximum atomic E-state index is 10.7. The Balaban J connectivity index is 1.97. The van der Waals surface area contributed by atoms with E-state index < -0.39 is 5.97 Å². The number of aromatic carboxylic acids is 1. The Kier molecular flexibility index (Phi) is 3.70. The van der Waals surface area contributed by atoms with Crippen molar-refractivity contribution in [3.05, 3.63) is 57.9 Å². The Morgan fingerprint density at radius 2 is 1.86 bits per heavy atom. The third-order valence-corrected chi connectivity index (χ3v) is 3.65. The van der Waals surface area contributed by atoms with E-state index in [1.165, 1.54) is 18.5 Å². The molecule has 0 atom stereocenters. The molecule has 0 fully saturated rings. The topological polar surface area (TPSA) is 77.9 Å². The highest BCUT2D eigenvalue weighted by molar-refractivity contribution is 14.1. The molecule has 0 unspecified atom stereocenters. The summed E-state index contributed by atoms with van der Waals surface area (Å²) in [6.07, 6.45) is 1.49. The van der Waals surface area contributed by atoms with Crippen LogP contribution in [0, 0.1) is 3.57 Å². The zero-order valence-electron chi connectivity index (χ0n) is 10.7. The van der Waals surface area contributed by atoms with Crippen LogP contribution in [-0.4, -0.2) is 15.9 Å². The molecular weight excluding hydrogens is 381 g/mol. The Morgan fingerprint density at radius 3 is 2.57 bits per heavy atom. The number of anilines is 2. The number of nitrogens with zero attached hydrogens (tertiary/aromatic N) is 2. The van der Waals surface area contributed by atoms with E-state index in [2.05, 4.69) is 37.9 Å². The maximum absolute atomic E-state index is 10.7. The molecule has 6 heteroatoms. The number of carboxylic acids is 1. The number of hydrogen-bond acceptors (Lipinski definition) is 5. The lowest BCUT2D eigenvalue weighted by Crippen LogP contribution is -2.21. The van der Waals surface area contributed by atoms with Gasteiger partial charge in [0.1, 0.15) is 12.1 Å². The molecule has 0 radical (unpaired) electrons. The van der Waals surface area contributed by atoms with Crippen molar-refractivity contribution in [3.63, 3.8) is 0 Å². The van der Waals surface area contributed by atoms with Crippen LogP contribution in [0.15, 0.2) is 48.8 Å². The summed E-state index contributed by atoms with van der Waals surface area (Å²) >= 11 is 2.23. The van der Waals surface area contributed by atoms with Gasteiger partial charge in [-0.2, -0.15) is 0 Å². The summed E-state index contributed by atoms with van der Waals surface area (Å²) in [5.74, 6) is -0.511. The summed E-state index contributed by atoms with van der Waals surface area (Å²) < 4.78 is 1.09. The van der Waals surface area contributed by atoms with Crippen LogP contribution in [0.4, 0.5) is 11.5 Å². The fourth-order valence-electron chi connectivity index (χ4n) is 1.95. The summed E-state index contributed by atoms with van der Waals surface area (Å²) in [4.78, 5) is 19.2. The highest BCUT2D eigenvalue weighted by atomic mass is 127. The molecule has 1 heterocycles. The second-order valence-electron chi connectivity index (χ2n) is 4.37. The number of carbonyl (C=O) groups is 1. The van der Waals surface area contributed by atoms with E-state index in [-0.39, 0.29) is 5.56 Å². The molecule has 3 aromatic rings. The van der Waals surface area contributed by atoms with Crippen molar-refractivity contribution in [3.8, 4) is 0 Å². The van der Waals surface area contributed by atoms with Crippen molar-refractivity contribution in [1.82, 2.24) is 9.97 Å². The average Bonchev–Trinajstić information content (AvgIpc) is 2.48. The monoisotopic (exact) mass is 390 g/mol. The number of fused-ring (bicyclic) bond motifs is 1. The molecule has 0 aliphatic rings. The normalized spacial score (nSPS) is 10.5. The quantitative estimate of drug-likeness (QED) is 0.695. The van der Waals surface area contributed by atoms with Gasteiger partial charge in [0.25, 0.3) is 0 Å². The van der Waals surface area contributed by atoms with Crippen molar-refractivity contribution in [2.75, 3.05) is 5.32 Å². The van der Waals surface area contributed by atoms with Crippen LogP contribution in [0.2, 0.25) is 0 Å². The summed E-state index contributed by atoms with van der Waals surface area (Å²) in [6, 6.07) is 12.2. The van der Waals surface area contributed by atoms with E-state index in [4.69, 9.17) is 0 Å².